The average Bonchev–Trinajstić information content (AvgIpc) is 2.62. The van der Waals surface area contributed by atoms with Crippen LogP contribution in [0.1, 0.15) is 18.4 Å². The van der Waals surface area contributed by atoms with Crippen LogP contribution in [0.25, 0.3) is 0 Å². The van der Waals surface area contributed by atoms with Crippen LogP contribution in [0.15, 0.2) is 48.8 Å². The first kappa shape index (κ1) is 16.8. The molecule has 2 N–H and O–H groups in total. The second-order valence-corrected chi connectivity index (χ2v) is 7.29. The van der Waals surface area contributed by atoms with Crippen molar-refractivity contribution in [2.45, 2.75) is 25.4 Å². The predicted octanol–water partition coefficient (Wildman–Crippen LogP) is 1.07. The lowest BCUT2D eigenvalue weighted by Crippen LogP contribution is -2.51. The number of aromatic nitrogens is 2. The first-order valence-corrected chi connectivity index (χ1v) is 9.43. The van der Waals surface area contributed by atoms with Crippen LogP contribution in [0.5, 0.6) is 0 Å². The van der Waals surface area contributed by atoms with Crippen LogP contribution >= 0.6 is 0 Å². The minimum Gasteiger partial charge on any atom is -0.339 e. The summed E-state index contributed by atoms with van der Waals surface area (Å²) in [6.45, 7) is 1.67. The minimum absolute atomic E-state index is 0.157. The second kappa shape index (κ2) is 7.69. The number of piperidine rings is 1. The molecule has 1 atom stereocenters. The Bertz CT molecular complexity index is 740. The maximum absolute atomic E-state index is 12.2. The Labute approximate surface area is 142 Å². The molecule has 2 heterocycles. The number of rotatable bonds is 6. The molecule has 1 aromatic carbocycles. The third-order valence-corrected chi connectivity index (χ3v) is 5.06. The van der Waals surface area contributed by atoms with Gasteiger partial charge in [0, 0.05) is 38.1 Å². The zero-order valence-corrected chi connectivity index (χ0v) is 14.1. The Balaban J connectivity index is 1.56. The SMILES string of the molecule is O=S(=O)(NCc1ccccc1)N[C@@H]1CCCN(c2ncccn2)C1. The second-order valence-electron chi connectivity index (χ2n) is 5.76. The van der Waals surface area contributed by atoms with E-state index in [0.29, 0.717) is 12.5 Å². The fourth-order valence-corrected chi connectivity index (χ4v) is 3.82. The van der Waals surface area contributed by atoms with Gasteiger partial charge < -0.3 is 4.90 Å². The standard InChI is InChI=1S/C16H21N5O2S/c22-24(23,19-12-14-6-2-1-3-7-14)20-15-8-4-11-21(13-15)16-17-9-5-10-18-16/h1-3,5-7,9-10,15,19-20H,4,8,11-13H2/t15-/m1/s1. The summed E-state index contributed by atoms with van der Waals surface area (Å²) in [5.41, 5.74) is 0.922. The van der Waals surface area contributed by atoms with Gasteiger partial charge in [-0.2, -0.15) is 17.9 Å². The van der Waals surface area contributed by atoms with E-state index in [2.05, 4.69) is 19.4 Å². The summed E-state index contributed by atoms with van der Waals surface area (Å²) in [6.07, 6.45) is 5.08. The molecule has 7 nitrogen and oxygen atoms in total. The van der Waals surface area contributed by atoms with Crippen LogP contribution in [0, 0.1) is 0 Å². The van der Waals surface area contributed by atoms with Crippen molar-refractivity contribution < 1.29 is 8.42 Å². The molecule has 2 aromatic rings. The van der Waals surface area contributed by atoms with Crippen LogP contribution in [0.4, 0.5) is 5.95 Å². The van der Waals surface area contributed by atoms with E-state index in [1.54, 1.807) is 18.5 Å². The summed E-state index contributed by atoms with van der Waals surface area (Å²) in [6, 6.07) is 11.1. The Hall–Kier alpha value is -2.03. The summed E-state index contributed by atoms with van der Waals surface area (Å²) >= 11 is 0. The molecule has 0 bridgehead atoms. The van der Waals surface area contributed by atoms with Crippen molar-refractivity contribution in [3.05, 3.63) is 54.4 Å². The number of anilines is 1. The van der Waals surface area contributed by atoms with Crippen molar-refractivity contribution in [2.75, 3.05) is 18.0 Å². The van der Waals surface area contributed by atoms with Crippen LogP contribution in [0.2, 0.25) is 0 Å². The summed E-state index contributed by atoms with van der Waals surface area (Å²) in [5.74, 6) is 0.638. The van der Waals surface area contributed by atoms with Crippen LogP contribution < -0.4 is 14.3 Å². The molecular formula is C16H21N5O2S. The number of nitrogens with one attached hydrogen (secondary N) is 2. The molecule has 128 valence electrons. The summed E-state index contributed by atoms with van der Waals surface area (Å²) < 4.78 is 29.8. The van der Waals surface area contributed by atoms with Crippen molar-refractivity contribution in [3.8, 4) is 0 Å². The molecular weight excluding hydrogens is 326 g/mol. The van der Waals surface area contributed by atoms with Gasteiger partial charge in [0.15, 0.2) is 0 Å². The van der Waals surface area contributed by atoms with Crippen molar-refractivity contribution >= 4 is 16.2 Å². The molecule has 1 aliphatic rings. The van der Waals surface area contributed by atoms with Crippen molar-refractivity contribution in [1.82, 2.24) is 19.4 Å². The zero-order valence-electron chi connectivity index (χ0n) is 13.3. The van der Waals surface area contributed by atoms with Gasteiger partial charge in [0.1, 0.15) is 0 Å². The first-order valence-electron chi connectivity index (χ1n) is 7.95. The zero-order chi connectivity index (χ0) is 16.8. The summed E-state index contributed by atoms with van der Waals surface area (Å²) in [7, 11) is -3.55. The molecule has 1 aromatic heterocycles. The van der Waals surface area contributed by atoms with Crippen LogP contribution in [0.3, 0.4) is 0 Å². The maximum atomic E-state index is 12.2. The smallest absolute Gasteiger partial charge is 0.277 e. The van der Waals surface area contributed by atoms with Gasteiger partial charge in [-0.25, -0.2) is 9.97 Å². The quantitative estimate of drug-likeness (QED) is 0.816. The monoisotopic (exact) mass is 347 g/mol. The highest BCUT2D eigenvalue weighted by atomic mass is 32.2. The first-order chi connectivity index (χ1) is 11.6. The maximum Gasteiger partial charge on any atom is 0.277 e. The van der Waals surface area contributed by atoms with E-state index in [0.717, 1.165) is 24.9 Å². The molecule has 0 unspecified atom stereocenters. The van der Waals surface area contributed by atoms with Gasteiger partial charge >= 0.3 is 0 Å². The fraction of sp³-hybridized carbons (Fsp3) is 0.375. The van der Waals surface area contributed by atoms with E-state index in [9.17, 15) is 8.42 Å². The molecule has 0 amide bonds. The normalized spacial score (nSPS) is 18.5. The van der Waals surface area contributed by atoms with E-state index < -0.39 is 10.2 Å². The molecule has 0 spiro atoms. The van der Waals surface area contributed by atoms with Gasteiger partial charge in [-0.3, -0.25) is 0 Å². The Morgan fingerprint density at radius 3 is 2.62 bits per heavy atom. The molecule has 24 heavy (non-hydrogen) atoms. The lowest BCUT2D eigenvalue weighted by atomic mass is 10.1. The number of benzene rings is 1. The fourth-order valence-electron chi connectivity index (χ4n) is 2.74. The molecule has 1 saturated heterocycles. The number of hydrogen-bond donors (Lipinski definition) is 2. The van der Waals surface area contributed by atoms with E-state index in [1.807, 2.05) is 35.2 Å². The molecule has 1 fully saturated rings. The van der Waals surface area contributed by atoms with Crippen molar-refractivity contribution in [1.29, 1.82) is 0 Å². The highest BCUT2D eigenvalue weighted by molar-refractivity contribution is 7.87. The average molecular weight is 347 g/mol. The largest absolute Gasteiger partial charge is 0.339 e. The number of hydrogen-bond acceptors (Lipinski definition) is 5. The van der Waals surface area contributed by atoms with Gasteiger partial charge in [0.05, 0.1) is 0 Å². The van der Waals surface area contributed by atoms with E-state index in [1.165, 1.54) is 0 Å². The highest BCUT2D eigenvalue weighted by Gasteiger charge is 2.25. The van der Waals surface area contributed by atoms with E-state index in [4.69, 9.17) is 0 Å². The summed E-state index contributed by atoms with van der Waals surface area (Å²) in [4.78, 5) is 10.5. The predicted molar refractivity (Wildman–Crippen MR) is 92.6 cm³/mol. The molecule has 8 heteroatoms. The van der Waals surface area contributed by atoms with Gasteiger partial charge in [-0.1, -0.05) is 30.3 Å². The van der Waals surface area contributed by atoms with Crippen molar-refractivity contribution in [2.24, 2.45) is 0 Å². The van der Waals surface area contributed by atoms with E-state index in [-0.39, 0.29) is 12.6 Å². The van der Waals surface area contributed by atoms with Crippen molar-refractivity contribution in [3.63, 3.8) is 0 Å². The molecule has 0 aliphatic carbocycles. The van der Waals surface area contributed by atoms with Gasteiger partial charge in [0.25, 0.3) is 10.2 Å². The van der Waals surface area contributed by atoms with Gasteiger partial charge in [-0.05, 0) is 24.5 Å². The Morgan fingerprint density at radius 2 is 1.88 bits per heavy atom. The summed E-state index contributed by atoms with van der Waals surface area (Å²) in [5, 5.41) is 0. The Kier molecular flexibility index (Phi) is 5.39. The highest BCUT2D eigenvalue weighted by Crippen LogP contribution is 2.15. The molecule has 0 saturated carbocycles. The third-order valence-electron chi connectivity index (χ3n) is 3.89. The van der Waals surface area contributed by atoms with Crippen LogP contribution in [-0.2, 0) is 16.8 Å². The van der Waals surface area contributed by atoms with Gasteiger partial charge in [0.2, 0.25) is 5.95 Å². The molecule has 3 rings (SSSR count). The topological polar surface area (TPSA) is 87.2 Å². The molecule has 1 aliphatic heterocycles. The lowest BCUT2D eigenvalue weighted by Gasteiger charge is -2.32. The Morgan fingerprint density at radius 1 is 1.12 bits per heavy atom. The van der Waals surface area contributed by atoms with Gasteiger partial charge in [-0.15, -0.1) is 0 Å². The van der Waals surface area contributed by atoms with Crippen LogP contribution in [-0.4, -0.2) is 37.5 Å². The number of nitrogens with zero attached hydrogens (tertiary/aromatic N) is 3. The minimum atomic E-state index is -3.55. The molecule has 0 radical (unpaired) electrons. The van der Waals surface area contributed by atoms with E-state index >= 15 is 0 Å². The lowest BCUT2D eigenvalue weighted by molar-refractivity contribution is 0.458. The third kappa shape index (κ3) is 4.73.